The lowest BCUT2D eigenvalue weighted by atomic mass is 10.2. The Balaban J connectivity index is 2.54. The third-order valence-corrected chi connectivity index (χ3v) is 2.59. The monoisotopic (exact) mass is 216 g/mol. The molecule has 2 heterocycles. The van der Waals surface area contributed by atoms with Crippen LogP contribution in [0.2, 0.25) is 0 Å². The SMILES string of the molecule is Cc1ccc(-n2cncc2[C@H](C)N)c(C)n1. The molecule has 0 aromatic carbocycles. The van der Waals surface area contributed by atoms with Gasteiger partial charge in [0.1, 0.15) is 0 Å². The van der Waals surface area contributed by atoms with E-state index in [1.165, 1.54) is 0 Å². The molecule has 4 nitrogen and oxygen atoms in total. The molecule has 0 spiro atoms. The first-order chi connectivity index (χ1) is 7.59. The van der Waals surface area contributed by atoms with Gasteiger partial charge < -0.3 is 5.73 Å². The summed E-state index contributed by atoms with van der Waals surface area (Å²) < 4.78 is 1.99. The van der Waals surface area contributed by atoms with Gasteiger partial charge in [-0.05, 0) is 32.9 Å². The van der Waals surface area contributed by atoms with Crippen molar-refractivity contribution in [3.63, 3.8) is 0 Å². The van der Waals surface area contributed by atoms with Crippen LogP contribution in [0.25, 0.3) is 5.69 Å². The predicted octanol–water partition coefficient (Wildman–Crippen LogP) is 1.90. The Labute approximate surface area is 95.1 Å². The molecule has 0 bridgehead atoms. The topological polar surface area (TPSA) is 56.7 Å². The third-order valence-electron chi connectivity index (χ3n) is 2.59. The summed E-state index contributed by atoms with van der Waals surface area (Å²) in [5.74, 6) is 0. The second-order valence-electron chi connectivity index (χ2n) is 4.03. The van der Waals surface area contributed by atoms with Gasteiger partial charge in [-0.2, -0.15) is 0 Å². The zero-order chi connectivity index (χ0) is 11.7. The van der Waals surface area contributed by atoms with E-state index in [0.29, 0.717) is 0 Å². The van der Waals surface area contributed by atoms with E-state index >= 15 is 0 Å². The van der Waals surface area contributed by atoms with Crippen LogP contribution >= 0.6 is 0 Å². The van der Waals surface area contributed by atoms with E-state index in [0.717, 1.165) is 22.8 Å². The summed E-state index contributed by atoms with van der Waals surface area (Å²) in [6.07, 6.45) is 3.57. The Morgan fingerprint density at radius 1 is 1.31 bits per heavy atom. The quantitative estimate of drug-likeness (QED) is 0.834. The number of hydrogen-bond acceptors (Lipinski definition) is 3. The van der Waals surface area contributed by atoms with Crippen LogP contribution in [0.4, 0.5) is 0 Å². The highest BCUT2D eigenvalue weighted by atomic mass is 15.1. The Bertz CT molecular complexity index is 499. The highest BCUT2D eigenvalue weighted by Gasteiger charge is 2.10. The highest BCUT2D eigenvalue weighted by Crippen LogP contribution is 2.18. The zero-order valence-electron chi connectivity index (χ0n) is 9.81. The van der Waals surface area contributed by atoms with E-state index in [-0.39, 0.29) is 6.04 Å². The normalized spacial score (nSPS) is 12.8. The fourth-order valence-corrected chi connectivity index (χ4v) is 1.78. The Morgan fingerprint density at radius 3 is 2.69 bits per heavy atom. The van der Waals surface area contributed by atoms with Crippen LogP contribution in [0.5, 0.6) is 0 Å². The lowest BCUT2D eigenvalue weighted by Crippen LogP contribution is -2.11. The van der Waals surface area contributed by atoms with Crippen molar-refractivity contribution < 1.29 is 0 Å². The van der Waals surface area contributed by atoms with Gasteiger partial charge in [0.2, 0.25) is 0 Å². The molecule has 0 aliphatic carbocycles. The maximum absolute atomic E-state index is 5.90. The van der Waals surface area contributed by atoms with Gasteiger partial charge >= 0.3 is 0 Å². The van der Waals surface area contributed by atoms with E-state index in [1.54, 1.807) is 12.5 Å². The standard InChI is InChI=1S/C12H16N4/c1-8-4-5-11(10(3)15-8)16-7-14-6-12(16)9(2)13/h4-7,9H,13H2,1-3H3/t9-/m0/s1. The molecule has 84 valence electrons. The number of aromatic nitrogens is 3. The maximum Gasteiger partial charge on any atom is 0.0995 e. The van der Waals surface area contributed by atoms with Gasteiger partial charge in [-0.25, -0.2) is 4.98 Å². The van der Waals surface area contributed by atoms with Crippen molar-refractivity contribution in [1.82, 2.24) is 14.5 Å². The number of rotatable bonds is 2. The summed E-state index contributed by atoms with van der Waals surface area (Å²) in [6, 6.07) is 4.00. The van der Waals surface area contributed by atoms with Crippen LogP contribution in [-0.4, -0.2) is 14.5 Å². The van der Waals surface area contributed by atoms with Crippen molar-refractivity contribution in [2.75, 3.05) is 0 Å². The van der Waals surface area contributed by atoms with Gasteiger partial charge in [0.25, 0.3) is 0 Å². The third kappa shape index (κ3) is 1.84. The number of nitrogens with zero attached hydrogens (tertiary/aromatic N) is 3. The smallest absolute Gasteiger partial charge is 0.0995 e. The minimum absolute atomic E-state index is 0.0387. The lowest BCUT2D eigenvalue weighted by Gasteiger charge is -2.12. The molecule has 0 aliphatic heterocycles. The van der Waals surface area contributed by atoms with Gasteiger partial charge in [0, 0.05) is 11.7 Å². The molecule has 2 rings (SSSR count). The van der Waals surface area contributed by atoms with Crippen LogP contribution in [0, 0.1) is 13.8 Å². The molecule has 2 aromatic heterocycles. The Kier molecular flexibility index (Phi) is 2.75. The Hall–Kier alpha value is -1.68. The average molecular weight is 216 g/mol. The van der Waals surface area contributed by atoms with E-state index < -0.39 is 0 Å². The molecule has 2 N–H and O–H groups in total. The summed E-state index contributed by atoms with van der Waals surface area (Å²) in [5, 5.41) is 0. The number of imidazole rings is 1. The Morgan fingerprint density at radius 2 is 2.06 bits per heavy atom. The molecule has 0 saturated carbocycles. The van der Waals surface area contributed by atoms with Crippen LogP contribution < -0.4 is 5.73 Å². The van der Waals surface area contributed by atoms with Crippen LogP contribution in [0.15, 0.2) is 24.7 Å². The van der Waals surface area contributed by atoms with Crippen molar-refractivity contribution in [2.45, 2.75) is 26.8 Å². The predicted molar refractivity (Wildman–Crippen MR) is 63.4 cm³/mol. The second-order valence-corrected chi connectivity index (χ2v) is 4.03. The van der Waals surface area contributed by atoms with Gasteiger partial charge in [-0.3, -0.25) is 9.55 Å². The van der Waals surface area contributed by atoms with Gasteiger partial charge in [0.05, 0.1) is 29.6 Å². The molecule has 0 unspecified atom stereocenters. The largest absolute Gasteiger partial charge is 0.323 e. The van der Waals surface area contributed by atoms with E-state index in [2.05, 4.69) is 9.97 Å². The molecule has 4 heteroatoms. The number of hydrogen-bond donors (Lipinski definition) is 1. The fourth-order valence-electron chi connectivity index (χ4n) is 1.78. The van der Waals surface area contributed by atoms with Crippen LogP contribution in [0.3, 0.4) is 0 Å². The molecule has 2 aromatic rings. The van der Waals surface area contributed by atoms with Crippen molar-refractivity contribution >= 4 is 0 Å². The van der Waals surface area contributed by atoms with E-state index in [1.807, 2.05) is 37.5 Å². The number of pyridine rings is 1. The van der Waals surface area contributed by atoms with Crippen molar-refractivity contribution in [2.24, 2.45) is 5.73 Å². The molecule has 16 heavy (non-hydrogen) atoms. The first kappa shape index (κ1) is 10.8. The lowest BCUT2D eigenvalue weighted by molar-refractivity contribution is 0.749. The van der Waals surface area contributed by atoms with Gasteiger partial charge in [-0.15, -0.1) is 0 Å². The summed E-state index contributed by atoms with van der Waals surface area (Å²) >= 11 is 0. The summed E-state index contributed by atoms with van der Waals surface area (Å²) in [5.41, 5.74) is 9.93. The van der Waals surface area contributed by atoms with Crippen LogP contribution in [0.1, 0.15) is 30.0 Å². The van der Waals surface area contributed by atoms with Crippen molar-refractivity contribution in [3.8, 4) is 5.69 Å². The van der Waals surface area contributed by atoms with Crippen molar-refractivity contribution in [3.05, 3.63) is 41.7 Å². The fraction of sp³-hybridized carbons (Fsp3) is 0.333. The molecular weight excluding hydrogens is 200 g/mol. The molecule has 0 amide bonds. The van der Waals surface area contributed by atoms with Crippen molar-refractivity contribution in [1.29, 1.82) is 0 Å². The zero-order valence-corrected chi connectivity index (χ0v) is 9.81. The van der Waals surface area contributed by atoms with Gasteiger partial charge in [0.15, 0.2) is 0 Å². The number of nitrogens with two attached hydrogens (primary N) is 1. The summed E-state index contributed by atoms with van der Waals surface area (Å²) in [6.45, 7) is 5.93. The molecule has 1 atom stereocenters. The minimum atomic E-state index is -0.0387. The molecule has 0 fully saturated rings. The minimum Gasteiger partial charge on any atom is -0.323 e. The first-order valence-corrected chi connectivity index (χ1v) is 5.32. The molecule has 0 saturated heterocycles. The van der Waals surface area contributed by atoms with Crippen LogP contribution in [-0.2, 0) is 0 Å². The summed E-state index contributed by atoms with van der Waals surface area (Å²) in [7, 11) is 0. The molecule has 0 radical (unpaired) electrons. The number of aryl methyl sites for hydroxylation is 2. The maximum atomic E-state index is 5.90. The average Bonchev–Trinajstić information content (AvgIpc) is 2.66. The van der Waals surface area contributed by atoms with E-state index in [4.69, 9.17) is 5.73 Å². The summed E-state index contributed by atoms with van der Waals surface area (Å²) in [4.78, 5) is 8.58. The highest BCUT2D eigenvalue weighted by molar-refractivity contribution is 5.38. The molecular formula is C12H16N4. The van der Waals surface area contributed by atoms with Gasteiger partial charge in [-0.1, -0.05) is 0 Å². The second kappa shape index (κ2) is 4.06. The molecule has 0 aliphatic rings. The first-order valence-electron chi connectivity index (χ1n) is 5.32. The van der Waals surface area contributed by atoms with E-state index in [9.17, 15) is 0 Å².